The van der Waals surface area contributed by atoms with E-state index in [4.69, 9.17) is 0 Å². The molecule has 0 amide bonds. The van der Waals surface area contributed by atoms with E-state index in [9.17, 15) is 14.4 Å². The summed E-state index contributed by atoms with van der Waals surface area (Å²) >= 11 is 0. The highest BCUT2D eigenvalue weighted by molar-refractivity contribution is 6.36. The second-order valence-electron chi connectivity index (χ2n) is 3.43. The average Bonchev–Trinajstić information content (AvgIpc) is 2.95. The van der Waals surface area contributed by atoms with E-state index in [2.05, 4.69) is 11.3 Å². The Kier molecular flexibility index (Phi) is 15.8. The van der Waals surface area contributed by atoms with Crippen molar-refractivity contribution in [2.24, 2.45) is 0 Å². The number of Topliss-reactive ketones (excluding diaryl/α,β-unsaturated/α-hetero) is 2. The van der Waals surface area contributed by atoms with Crippen molar-refractivity contribution in [3.05, 3.63) is 24.7 Å². The monoisotopic (exact) mass is 254 g/mol. The largest absolute Gasteiger partial charge is 0.473 e. The molecule has 0 radical (unpaired) electrons. The van der Waals surface area contributed by atoms with Crippen LogP contribution in [0.3, 0.4) is 0 Å². The maximum Gasteiger partial charge on any atom is 0.197 e. The first kappa shape index (κ1) is 18.6. The maximum atomic E-state index is 10.2. The van der Waals surface area contributed by atoms with Crippen LogP contribution in [-0.2, 0) is 14.4 Å². The van der Waals surface area contributed by atoms with Gasteiger partial charge in [-0.2, -0.15) is 0 Å². The van der Waals surface area contributed by atoms with Gasteiger partial charge >= 0.3 is 0 Å². The average molecular weight is 254 g/mol. The topological polar surface area (TPSA) is 64.3 Å². The number of furan rings is 1. The van der Waals surface area contributed by atoms with Gasteiger partial charge in [-0.1, -0.05) is 20.3 Å². The van der Waals surface area contributed by atoms with E-state index in [0.717, 1.165) is 25.5 Å². The molecule has 1 aromatic rings. The molecule has 4 heteroatoms. The fourth-order valence-electron chi connectivity index (χ4n) is 0.763. The molecule has 0 saturated heterocycles. The maximum absolute atomic E-state index is 10.2. The van der Waals surface area contributed by atoms with Gasteiger partial charge in [0.15, 0.2) is 11.6 Å². The first-order valence-electron chi connectivity index (χ1n) is 6.04. The predicted molar refractivity (Wildman–Crippen MR) is 70.3 cm³/mol. The third-order valence-electron chi connectivity index (χ3n) is 1.81. The van der Waals surface area contributed by atoms with Crippen molar-refractivity contribution in [2.75, 3.05) is 0 Å². The number of hydrogen-bond donors (Lipinski definition) is 0. The van der Waals surface area contributed by atoms with Crippen molar-refractivity contribution < 1.29 is 18.8 Å². The van der Waals surface area contributed by atoms with Crippen molar-refractivity contribution in [3.63, 3.8) is 0 Å². The Morgan fingerprint density at radius 1 is 1.17 bits per heavy atom. The summed E-state index contributed by atoms with van der Waals surface area (Å²) in [4.78, 5) is 29.8. The van der Waals surface area contributed by atoms with Crippen LogP contribution in [0.5, 0.6) is 0 Å². The SMILES string of the molecule is CCC(=O)C(C)=O.CCCCC=O.c1ccoc1. The van der Waals surface area contributed by atoms with Crippen molar-refractivity contribution in [3.8, 4) is 0 Å². The van der Waals surface area contributed by atoms with Gasteiger partial charge in [0, 0.05) is 19.8 Å². The second kappa shape index (κ2) is 15.3. The molecule has 0 saturated carbocycles. The van der Waals surface area contributed by atoms with E-state index in [1.54, 1.807) is 19.5 Å². The van der Waals surface area contributed by atoms with Gasteiger partial charge in [0.25, 0.3) is 0 Å². The van der Waals surface area contributed by atoms with Crippen LogP contribution in [0.1, 0.15) is 46.5 Å². The Labute approximate surface area is 108 Å². The van der Waals surface area contributed by atoms with Crippen LogP contribution in [0.15, 0.2) is 29.1 Å². The lowest BCUT2D eigenvalue weighted by molar-refractivity contribution is -0.135. The summed E-state index contributed by atoms with van der Waals surface area (Å²) in [5.74, 6) is -0.637. The number of rotatable bonds is 5. The van der Waals surface area contributed by atoms with Gasteiger partial charge in [0.1, 0.15) is 6.29 Å². The van der Waals surface area contributed by atoms with E-state index >= 15 is 0 Å². The van der Waals surface area contributed by atoms with E-state index in [-0.39, 0.29) is 11.6 Å². The van der Waals surface area contributed by atoms with Crippen LogP contribution in [0.2, 0.25) is 0 Å². The summed E-state index contributed by atoms with van der Waals surface area (Å²) in [6, 6.07) is 3.67. The molecule has 0 aromatic carbocycles. The summed E-state index contributed by atoms with van der Waals surface area (Å²) in [7, 11) is 0. The quantitative estimate of drug-likeness (QED) is 0.460. The number of carbonyl (C=O) groups is 3. The summed E-state index contributed by atoms with van der Waals surface area (Å²) < 4.78 is 4.58. The van der Waals surface area contributed by atoms with Crippen molar-refractivity contribution in [2.45, 2.75) is 46.5 Å². The van der Waals surface area contributed by atoms with Gasteiger partial charge < -0.3 is 9.21 Å². The van der Waals surface area contributed by atoms with Gasteiger partial charge in [0.05, 0.1) is 12.5 Å². The lowest BCUT2D eigenvalue weighted by atomic mass is 10.2. The molecule has 0 bridgehead atoms. The molecule has 0 spiro atoms. The third-order valence-corrected chi connectivity index (χ3v) is 1.81. The zero-order valence-electron chi connectivity index (χ0n) is 11.3. The Balaban J connectivity index is 0. The van der Waals surface area contributed by atoms with Crippen molar-refractivity contribution in [1.29, 1.82) is 0 Å². The molecule has 18 heavy (non-hydrogen) atoms. The number of hydrogen-bond acceptors (Lipinski definition) is 4. The van der Waals surface area contributed by atoms with Crippen LogP contribution in [-0.4, -0.2) is 17.9 Å². The number of carbonyl (C=O) groups excluding carboxylic acids is 3. The minimum absolute atomic E-state index is 0.292. The van der Waals surface area contributed by atoms with Gasteiger partial charge in [0.2, 0.25) is 0 Å². The Morgan fingerprint density at radius 2 is 1.72 bits per heavy atom. The highest BCUT2D eigenvalue weighted by Crippen LogP contribution is 1.87. The summed E-state index contributed by atoms with van der Waals surface area (Å²) in [6.45, 7) is 5.03. The number of ketones is 2. The zero-order valence-corrected chi connectivity index (χ0v) is 11.3. The smallest absolute Gasteiger partial charge is 0.197 e. The second-order valence-corrected chi connectivity index (χ2v) is 3.43. The van der Waals surface area contributed by atoms with Gasteiger partial charge in [-0.25, -0.2) is 0 Å². The van der Waals surface area contributed by atoms with E-state index < -0.39 is 0 Å². The van der Waals surface area contributed by atoms with Crippen LogP contribution >= 0.6 is 0 Å². The lowest BCUT2D eigenvalue weighted by Crippen LogP contribution is -2.06. The molecule has 4 nitrogen and oxygen atoms in total. The Hall–Kier alpha value is -1.71. The van der Waals surface area contributed by atoms with Crippen LogP contribution in [0, 0.1) is 0 Å². The Morgan fingerprint density at radius 3 is 1.83 bits per heavy atom. The minimum atomic E-state index is -0.345. The Bertz CT molecular complexity index is 284. The zero-order chi connectivity index (χ0) is 14.2. The normalized spacial score (nSPS) is 8.17. The predicted octanol–water partition coefficient (Wildman–Crippen LogP) is 3.21. The van der Waals surface area contributed by atoms with Crippen molar-refractivity contribution >= 4 is 17.9 Å². The molecular weight excluding hydrogens is 232 g/mol. The highest BCUT2D eigenvalue weighted by atomic mass is 16.3. The van der Waals surface area contributed by atoms with Gasteiger partial charge in [-0.3, -0.25) is 9.59 Å². The molecule has 0 unspecified atom stereocenters. The number of aldehydes is 1. The molecule has 0 aliphatic rings. The van der Waals surface area contributed by atoms with Crippen LogP contribution < -0.4 is 0 Å². The van der Waals surface area contributed by atoms with E-state index in [1.807, 2.05) is 12.1 Å². The van der Waals surface area contributed by atoms with Crippen LogP contribution in [0.25, 0.3) is 0 Å². The molecule has 1 rings (SSSR count). The molecule has 0 N–H and O–H groups in total. The molecule has 0 aliphatic carbocycles. The minimum Gasteiger partial charge on any atom is -0.473 e. The van der Waals surface area contributed by atoms with Crippen LogP contribution in [0.4, 0.5) is 0 Å². The molecule has 0 aliphatic heterocycles. The lowest BCUT2D eigenvalue weighted by Gasteiger charge is -1.81. The third kappa shape index (κ3) is 16.7. The molecule has 0 atom stereocenters. The summed E-state index contributed by atoms with van der Waals surface area (Å²) in [5, 5.41) is 0. The summed E-state index contributed by atoms with van der Waals surface area (Å²) in [5.41, 5.74) is 0. The molecule has 0 fully saturated rings. The van der Waals surface area contributed by atoms with E-state index in [1.165, 1.54) is 6.92 Å². The molecule has 1 heterocycles. The first-order chi connectivity index (χ1) is 8.59. The molecule has 1 aromatic heterocycles. The van der Waals surface area contributed by atoms with Gasteiger partial charge in [-0.05, 0) is 18.6 Å². The fraction of sp³-hybridized carbons (Fsp3) is 0.500. The standard InChI is InChI=1S/C5H8O2.C5H10O.C4H4O/c1-3-5(7)4(2)6;1-2-3-4-5-6;1-2-4-5-3-1/h3H2,1-2H3;5H,2-4H2,1H3;1-4H. The first-order valence-corrected chi connectivity index (χ1v) is 6.04. The number of unbranched alkanes of at least 4 members (excludes halogenated alkanes) is 2. The molecular formula is C14H22O4. The van der Waals surface area contributed by atoms with Crippen molar-refractivity contribution in [1.82, 2.24) is 0 Å². The summed E-state index contributed by atoms with van der Waals surface area (Å²) in [6.07, 6.45) is 7.44. The highest BCUT2D eigenvalue weighted by Gasteiger charge is 2.00. The molecule has 102 valence electrons. The van der Waals surface area contributed by atoms with Gasteiger partial charge in [-0.15, -0.1) is 0 Å². The fourth-order valence-corrected chi connectivity index (χ4v) is 0.763. The van der Waals surface area contributed by atoms with E-state index in [0.29, 0.717) is 6.42 Å².